The number of carbonyl (C=O) groups is 1. The number of benzene rings is 2. The molecule has 6 nitrogen and oxygen atoms in total. The van der Waals surface area contributed by atoms with Crippen molar-refractivity contribution in [2.24, 2.45) is 0 Å². The number of rotatable bonds is 8. The van der Waals surface area contributed by atoms with Gasteiger partial charge in [0.05, 0.1) is 11.4 Å². The van der Waals surface area contributed by atoms with Gasteiger partial charge in [0.1, 0.15) is 0 Å². The summed E-state index contributed by atoms with van der Waals surface area (Å²) in [7, 11) is -0.564. The number of sulfonamides is 1. The van der Waals surface area contributed by atoms with Crippen LogP contribution in [0.5, 0.6) is 0 Å². The highest BCUT2D eigenvalue weighted by molar-refractivity contribution is 7.89. The predicted molar refractivity (Wildman–Crippen MR) is 111 cm³/mol. The fraction of sp³-hybridized carbons (Fsp3) is 0.381. The van der Waals surface area contributed by atoms with Gasteiger partial charge in [0.2, 0.25) is 15.9 Å². The van der Waals surface area contributed by atoms with E-state index in [2.05, 4.69) is 35.3 Å². The van der Waals surface area contributed by atoms with Crippen molar-refractivity contribution < 1.29 is 13.2 Å². The van der Waals surface area contributed by atoms with Gasteiger partial charge in [0, 0.05) is 32.4 Å². The second kappa shape index (κ2) is 8.43. The number of nitrogens with one attached hydrogen (secondary N) is 1. The Morgan fingerprint density at radius 1 is 1.11 bits per heavy atom. The van der Waals surface area contributed by atoms with Gasteiger partial charge in [0.25, 0.3) is 0 Å². The molecule has 1 saturated carbocycles. The minimum Gasteiger partial charge on any atom is -0.325 e. The van der Waals surface area contributed by atoms with E-state index in [-0.39, 0.29) is 17.3 Å². The van der Waals surface area contributed by atoms with Crippen LogP contribution < -0.4 is 5.32 Å². The van der Waals surface area contributed by atoms with Crippen LogP contribution in [-0.2, 0) is 21.4 Å². The zero-order valence-corrected chi connectivity index (χ0v) is 17.4. The van der Waals surface area contributed by atoms with Gasteiger partial charge in [-0.3, -0.25) is 9.69 Å². The Labute approximate surface area is 167 Å². The summed E-state index contributed by atoms with van der Waals surface area (Å²) >= 11 is 0. The Balaban J connectivity index is 1.67. The number of nitrogens with zero attached hydrogens (tertiary/aromatic N) is 2. The minimum atomic E-state index is -3.53. The third-order valence-electron chi connectivity index (χ3n) is 4.77. The Morgan fingerprint density at radius 2 is 1.82 bits per heavy atom. The van der Waals surface area contributed by atoms with E-state index in [1.807, 2.05) is 6.07 Å². The van der Waals surface area contributed by atoms with Crippen LogP contribution in [0.25, 0.3) is 0 Å². The Morgan fingerprint density at radius 3 is 2.46 bits per heavy atom. The summed E-state index contributed by atoms with van der Waals surface area (Å²) in [6.45, 7) is 3.07. The molecule has 0 aromatic heterocycles. The summed E-state index contributed by atoms with van der Waals surface area (Å²) in [5.41, 5.74) is 2.88. The van der Waals surface area contributed by atoms with Crippen molar-refractivity contribution in [2.45, 2.75) is 37.2 Å². The topological polar surface area (TPSA) is 69.7 Å². The minimum absolute atomic E-state index is 0.140. The molecule has 0 saturated heterocycles. The number of aryl methyl sites for hydroxylation is 1. The van der Waals surface area contributed by atoms with Crippen LogP contribution in [0.1, 0.15) is 24.0 Å². The predicted octanol–water partition coefficient (Wildman–Crippen LogP) is 2.85. The molecule has 2 aromatic carbocycles. The lowest BCUT2D eigenvalue weighted by atomic mass is 10.1. The molecular formula is C21H27N3O3S. The van der Waals surface area contributed by atoms with Crippen LogP contribution >= 0.6 is 0 Å². The molecule has 0 heterocycles. The fourth-order valence-corrected chi connectivity index (χ4v) is 4.08. The molecule has 0 radical (unpaired) electrons. The summed E-state index contributed by atoms with van der Waals surface area (Å²) in [5, 5.41) is 2.84. The number of hydrogen-bond acceptors (Lipinski definition) is 4. The van der Waals surface area contributed by atoms with Crippen LogP contribution in [0.2, 0.25) is 0 Å². The summed E-state index contributed by atoms with van der Waals surface area (Å²) < 4.78 is 25.7. The van der Waals surface area contributed by atoms with Gasteiger partial charge < -0.3 is 5.32 Å². The van der Waals surface area contributed by atoms with Crippen molar-refractivity contribution in [1.29, 1.82) is 0 Å². The largest absolute Gasteiger partial charge is 0.325 e. The van der Waals surface area contributed by atoms with Gasteiger partial charge >= 0.3 is 0 Å². The Bertz CT molecular complexity index is 953. The molecule has 0 unspecified atom stereocenters. The molecule has 1 aliphatic rings. The highest BCUT2D eigenvalue weighted by Gasteiger charge is 2.30. The first-order chi connectivity index (χ1) is 13.3. The molecule has 2 aromatic rings. The van der Waals surface area contributed by atoms with E-state index in [1.165, 1.54) is 37.4 Å². The van der Waals surface area contributed by atoms with Gasteiger partial charge in [-0.15, -0.1) is 0 Å². The monoisotopic (exact) mass is 401 g/mol. The molecule has 7 heteroatoms. The van der Waals surface area contributed by atoms with E-state index in [0.29, 0.717) is 11.7 Å². The molecule has 1 fully saturated rings. The van der Waals surface area contributed by atoms with Crippen LogP contribution in [0.4, 0.5) is 5.69 Å². The highest BCUT2D eigenvalue weighted by Crippen LogP contribution is 2.28. The molecule has 150 valence electrons. The summed E-state index contributed by atoms with van der Waals surface area (Å²) in [4.78, 5) is 14.9. The van der Waals surface area contributed by atoms with E-state index in [4.69, 9.17) is 0 Å². The van der Waals surface area contributed by atoms with E-state index in [0.717, 1.165) is 23.7 Å². The second-order valence-corrected chi connectivity index (χ2v) is 9.64. The summed E-state index contributed by atoms with van der Waals surface area (Å²) in [6.07, 6.45) is 2.21. The fourth-order valence-electron chi connectivity index (χ4n) is 3.13. The lowest BCUT2D eigenvalue weighted by Gasteiger charge is -2.22. The average molecular weight is 402 g/mol. The van der Waals surface area contributed by atoms with Crippen molar-refractivity contribution in [3.8, 4) is 0 Å². The molecule has 1 amide bonds. The van der Waals surface area contributed by atoms with E-state index < -0.39 is 10.0 Å². The quantitative estimate of drug-likeness (QED) is 0.738. The van der Waals surface area contributed by atoms with Crippen molar-refractivity contribution in [2.75, 3.05) is 26.0 Å². The first-order valence-corrected chi connectivity index (χ1v) is 10.8. The van der Waals surface area contributed by atoms with Crippen molar-refractivity contribution in [3.05, 3.63) is 59.7 Å². The Hall–Kier alpha value is -2.22. The van der Waals surface area contributed by atoms with Crippen LogP contribution in [0.15, 0.2) is 53.4 Å². The van der Waals surface area contributed by atoms with Gasteiger partial charge in [-0.25, -0.2) is 12.7 Å². The third-order valence-corrected chi connectivity index (χ3v) is 6.59. The number of amides is 1. The molecule has 28 heavy (non-hydrogen) atoms. The lowest BCUT2D eigenvalue weighted by molar-refractivity contribution is -0.117. The Kier molecular flexibility index (Phi) is 6.17. The van der Waals surface area contributed by atoms with Crippen LogP contribution in [0.3, 0.4) is 0 Å². The number of hydrogen-bond donors (Lipinski definition) is 1. The normalized spacial score (nSPS) is 14.5. The molecule has 0 spiro atoms. The van der Waals surface area contributed by atoms with E-state index in [9.17, 15) is 13.2 Å². The second-order valence-electron chi connectivity index (χ2n) is 7.49. The maximum absolute atomic E-state index is 12.6. The van der Waals surface area contributed by atoms with Crippen molar-refractivity contribution in [1.82, 2.24) is 9.21 Å². The molecule has 0 aliphatic heterocycles. The smallest absolute Gasteiger partial charge is 0.242 e. The molecular weight excluding hydrogens is 374 g/mol. The SMILES string of the molecule is Cc1cccc(CN(CC(=O)Nc2cccc(S(=O)(=O)N(C)C)c2)C2CC2)c1. The van der Waals surface area contributed by atoms with Crippen molar-refractivity contribution in [3.63, 3.8) is 0 Å². The zero-order valence-electron chi connectivity index (χ0n) is 16.6. The lowest BCUT2D eigenvalue weighted by Crippen LogP contribution is -2.34. The number of carbonyl (C=O) groups excluding carboxylic acids is 1. The van der Waals surface area contributed by atoms with E-state index >= 15 is 0 Å². The zero-order chi connectivity index (χ0) is 20.3. The number of anilines is 1. The van der Waals surface area contributed by atoms with Crippen LogP contribution in [0, 0.1) is 6.92 Å². The van der Waals surface area contributed by atoms with Gasteiger partial charge in [0.15, 0.2) is 0 Å². The molecule has 1 N–H and O–H groups in total. The highest BCUT2D eigenvalue weighted by atomic mass is 32.2. The third kappa shape index (κ3) is 5.19. The van der Waals surface area contributed by atoms with E-state index in [1.54, 1.807) is 12.1 Å². The van der Waals surface area contributed by atoms with Crippen LogP contribution in [-0.4, -0.2) is 50.2 Å². The summed E-state index contributed by atoms with van der Waals surface area (Å²) in [5.74, 6) is -0.140. The maximum atomic E-state index is 12.6. The van der Waals surface area contributed by atoms with Gasteiger partial charge in [-0.05, 0) is 43.5 Å². The van der Waals surface area contributed by atoms with Gasteiger partial charge in [-0.2, -0.15) is 0 Å². The first kappa shape index (κ1) is 20.5. The molecule has 3 rings (SSSR count). The van der Waals surface area contributed by atoms with Gasteiger partial charge in [-0.1, -0.05) is 35.9 Å². The molecule has 0 atom stereocenters. The average Bonchev–Trinajstić information content (AvgIpc) is 3.46. The molecule has 0 bridgehead atoms. The first-order valence-electron chi connectivity index (χ1n) is 9.38. The molecule has 1 aliphatic carbocycles. The standard InChI is InChI=1S/C21H27N3O3S/c1-16-6-4-7-17(12-16)14-24(19-10-11-19)15-21(25)22-18-8-5-9-20(13-18)28(26,27)23(2)3/h4-9,12-13,19H,10-11,14-15H2,1-3H3,(H,22,25). The summed E-state index contributed by atoms with van der Waals surface area (Å²) in [6, 6.07) is 15.1. The van der Waals surface area contributed by atoms with Crippen molar-refractivity contribution >= 4 is 21.6 Å². The maximum Gasteiger partial charge on any atom is 0.242 e.